The Morgan fingerprint density at radius 1 is 1.57 bits per heavy atom. The molecule has 1 rings (SSSR count). The Morgan fingerprint density at radius 2 is 2.36 bits per heavy atom. The maximum Gasteiger partial charge on any atom is 0.223 e. The molecule has 0 unspecified atom stereocenters. The summed E-state index contributed by atoms with van der Waals surface area (Å²) < 4.78 is 5.24. The summed E-state index contributed by atoms with van der Waals surface area (Å²) >= 11 is 0. The number of aromatic hydroxyl groups is 1. The van der Waals surface area contributed by atoms with Crippen molar-refractivity contribution >= 4 is 5.91 Å². The van der Waals surface area contributed by atoms with Crippen molar-refractivity contribution in [2.24, 2.45) is 0 Å². The average Bonchev–Trinajstić information content (AvgIpc) is 2.17. The number of hydrogen-bond acceptors (Lipinski definition) is 3. The van der Waals surface area contributed by atoms with Crippen LogP contribution in [0.15, 0.2) is 24.3 Å². The standard InChI is InChI=1S/C10H13NO3/c1-11-10(13)5-6-14-9-4-2-3-8(12)7-9/h2-4,7,12H,5-6H2,1H3,(H,11,13). The van der Waals surface area contributed by atoms with Gasteiger partial charge in [-0.05, 0) is 12.1 Å². The molecule has 0 aromatic heterocycles. The van der Waals surface area contributed by atoms with E-state index in [-0.39, 0.29) is 11.7 Å². The van der Waals surface area contributed by atoms with Gasteiger partial charge in [0.05, 0.1) is 13.0 Å². The van der Waals surface area contributed by atoms with E-state index in [1.165, 1.54) is 6.07 Å². The SMILES string of the molecule is CNC(=O)CCOc1cccc(O)c1. The zero-order valence-electron chi connectivity index (χ0n) is 7.99. The Bertz CT molecular complexity index is 312. The molecule has 0 spiro atoms. The first-order chi connectivity index (χ1) is 6.72. The van der Waals surface area contributed by atoms with Gasteiger partial charge in [-0.25, -0.2) is 0 Å². The smallest absolute Gasteiger partial charge is 0.223 e. The van der Waals surface area contributed by atoms with Gasteiger partial charge in [0.1, 0.15) is 11.5 Å². The zero-order valence-corrected chi connectivity index (χ0v) is 7.99. The normalized spacial score (nSPS) is 9.50. The third-order valence-electron chi connectivity index (χ3n) is 1.69. The minimum absolute atomic E-state index is 0.0647. The van der Waals surface area contributed by atoms with Crippen LogP contribution in [-0.2, 0) is 4.79 Å². The molecule has 1 aromatic rings. The molecule has 0 atom stereocenters. The molecule has 1 aromatic carbocycles. The van der Waals surface area contributed by atoms with Crippen molar-refractivity contribution in [2.75, 3.05) is 13.7 Å². The molecular weight excluding hydrogens is 182 g/mol. The number of amides is 1. The first-order valence-corrected chi connectivity index (χ1v) is 4.35. The van der Waals surface area contributed by atoms with E-state index in [0.29, 0.717) is 18.8 Å². The van der Waals surface area contributed by atoms with Gasteiger partial charge in [0.25, 0.3) is 0 Å². The lowest BCUT2D eigenvalue weighted by Crippen LogP contribution is -2.20. The number of phenols is 1. The van der Waals surface area contributed by atoms with E-state index in [0.717, 1.165) is 0 Å². The van der Waals surface area contributed by atoms with Gasteiger partial charge in [0.15, 0.2) is 0 Å². The topological polar surface area (TPSA) is 58.6 Å². The van der Waals surface area contributed by atoms with Crippen LogP contribution in [0.25, 0.3) is 0 Å². The molecule has 4 heteroatoms. The van der Waals surface area contributed by atoms with E-state index in [2.05, 4.69) is 5.32 Å². The van der Waals surface area contributed by atoms with Gasteiger partial charge in [-0.3, -0.25) is 4.79 Å². The summed E-state index contributed by atoms with van der Waals surface area (Å²) in [6.45, 7) is 0.309. The second-order valence-electron chi connectivity index (χ2n) is 2.77. The number of nitrogens with one attached hydrogen (secondary N) is 1. The predicted molar refractivity (Wildman–Crippen MR) is 52.3 cm³/mol. The van der Waals surface area contributed by atoms with E-state index in [4.69, 9.17) is 9.84 Å². The van der Waals surface area contributed by atoms with E-state index in [9.17, 15) is 4.79 Å². The molecular formula is C10H13NO3. The summed E-state index contributed by atoms with van der Waals surface area (Å²) in [6, 6.07) is 6.48. The van der Waals surface area contributed by atoms with Crippen molar-refractivity contribution < 1.29 is 14.6 Å². The van der Waals surface area contributed by atoms with Crippen LogP contribution in [0.5, 0.6) is 11.5 Å². The van der Waals surface area contributed by atoms with Gasteiger partial charge in [0, 0.05) is 13.1 Å². The monoisotopic (exact) mass is 195 g/mol. The van der Waals surface area contributed by atoms with Gasteiger partial charge >= 0.3 is 0 Å². The van der Waals surface area contributed by atoms with E-state index >= 15 is 0 Å². The van der Waals surface area contributed by atoms with Crippen LogP contribution in [-0.4, -0.2) is 24.7 Å². The minimum atomic E-state index is -0.0647. The molecule has 0 saturated heterocycles. The van der Waals surface area contributed by atoms with Crippen LogP contribution in [0.2, 0.25) is 0 Å². The van der Waals surface area contributed by atoms with Crippen LogP contribution < -0.4 is 10.1 Å². The molecule has 0 aliphatic carbocycles. The molecule has 4 nitrogen and oxygen atoms in total. The number of carbonyl (C=O) groups excluding carboxylic acids is 1. The maximum atomic E-state index is 10.8. The van der Waals surface area contributed by atoms with Gasteiger partial charge in [-0.1, -0.05) is 6.07 Å². The van der Waals surface area contributed by atoms with Crippen LogP contribution in [0, 0.1) is 0 Å². The predicted octanol–water partition coefficient (Wildman–Crippen LogP) is 0.907. The molecule has 0 saturated carbocycles. The highest BCUT2D eigenvalue weighted by Crippen LogP contribution is 2.17. The summed E-state index contributed by atoms with van der Waals surface area (Å²) in [5.74, 6) is 0.654. The van der Waals surface area contributed by atoms with E-state index in [1.54, 1.807) is 25.2 Å². The summed E-state index contributed by atoms with van der Waals surface area (Å²) in [5, 5.41) is 11.6. The van der Waals surface area contributed by atoms with Crippen LogP contribution >= 0.6 is 0 Å². The van der Waals surface area contributed by atoms with Gasteiger partial charge < -0.3 is 15.2 Å². The molecule has 2 N–H and O–H groups in total. The number of benzene rings is 1. The fourth-order valence-electron chi connectivity index (χ4n) is 0.960. The van der Waals surface area contributed by atoms with Crippen molar-refractivity contribution in [1.29, 1.82) is 0 Å². The van der Waals surface area contributed by atoms with Crippen molar-refractivity contribution in [3.63, 3.8) is 0 Å². The van der Waals surface area contributed by atoms with Gasteiger partial charge in [0.2, 0.25) is 5.91 Å². The fraction of sp³-hybridized carbons (Fsp3) is 0.300. The van der Waals surface area contributed by atoms with Crippen molar-refractivity contribution in [2.45, 2.75) is 6.42 Å². The number of rotatable bonds is 4. The molecule has 0 radical (unpaired) electrons. The first-order valence-electron chi connectivity index (χ1n) is 4.35. The van der Waals surface area contributed by atoms with Gasteiger partial charge in [-0.2, -0.15) is 0 Å². The van der Waals surface area contributed by atoms with Crippen molar-refractivity contribution in [1.82, 2.24) is 5.32 Å². The Labute approximate surface area is 82.5 Å². The molecule has 0 heterocycles. The summed E-state index contributed by atoms with van der Waals surface area (Å²) in [5.41, 5.74) is 0. The Morgan fingerprint density at radius 3 is 3.00 bits per heavy atom. The second kappa shape index (κ2) is 5.11. The molecule has 1 amide bonds. The van der Waals surface area contributed by atoms with E-state index in [1.807, 2.05) is 0 Å². The first kappa shape index (κ1) is 10.4. The third-order valence-corrected chi connectivity index (χ3v) is 1.69. The molecule has 0 bridgehead atoms. The average molecular weight is 195 g/mol. The van der Waals surface area contributed by atoms with Crippen LogP contribution in [0.1, 0.15) is 6.42 Å². The Balaban J connectivity index is 2.35. The second-order valence-corrected chi connectivity index (χ2v) is 2.77. The largest absolute Gasteiger partial charge is 0.508 e. The summed E-state index contributed by atoms with van der Waals surface area (Å²) in [4.78, 5) is 10.8. The molecule has 14 heavy (non-hydrogen) atoms. The minimum Gasteiger partial charge on any atom is -0.508 e. The molecule has 0 aliphatic rings. The third kappa shape index (κ3) is 3.35. The quantitative estimate of drug-likeness (QED) is 0.750. The lowest BCUT2D eigenvalue weighted by atomic mass is 10.3. The summed E-state index contributed by atoms with van der Waals surface area (Å²) in [7, 11) is 1.58. The van der Waals surface area contributed by atoms with Crippen LogP contribution in [0.3, 0.4) is 0 Å². The highest BCUT2D eigenvalue weighted by molar-refractivity contribution is 5.75. The lowest BCUT2D eigenvalue weighted by molar-refractivity contribution is -0.121. The number of ether oxygens (including phenoxy) is 1. The van der Waals surface area contributed by atoms with E-state index < -0.39 is 0 Å². The Hall–Kier alpha value is -1.71. The van der Waals surface area contributed by atoms with Crippen LogP contribution in [0.4, 0.5) is 0 Å². The molecule has 76 valence electrons. The fourth-order valence-corrected chi connectivity index (χ4v) is 0.960. The Kier molecular flexibility index (Phi) is 3.79. The molecule has 0 fully saturated rings. The highest BCUT2D eigenvalue weighted by atomic mass is 16.5. The number of carbonyl (C=O) groups is 1. The van der Waals surface area contributed by atoms with Crippen molar-refractivity contribution in [3.05, 3.63) is 24.3 Å². The summed E-state index contributed by atoms with van der Waals surface area (Å²) in [6.07, 6.45) is 0.312. The zero-order chi connectivity index (χ0) is 10.4. The number of hydrogen-bond donors (Lipinski definition) is 2. The molecule has 0 aliphatic heterocycles. The lowest BCUT2D eigenvalue weighted by Gasteiger charge is -2.05. The highest BCUT2D eigenvalue weighted by Gasteiger charge is 1.99. The van der Waals surface area contributed by atoms with Gasteiger partial charge in [-0.15, -0.1) is 0 Å². The van der Waals surface area contributed by atoms with Crippen molar-refractivity contribution in [3.8, 4) is 11.5 Å². The maximum absolute atomic E-state index is 10.8. The number of phenolic OH excluding ortho intramolecular Hbond substituents is 1.